The van der Waals surface area contributed by atoms with Crippen molar-refractivity contribution in [2.24, 2.45) is 4.99 Å². The summed E-state index contributed by atoms with van der Waals surface area (Å²) in [5, 5.41) is 0.952. The van der Waals surface area contributed by atoms with Gasteiger partial charge in [0, 0.05) is 12.4 Å². The number of hydrogen-bond acceptors (Lipinski definition) is 5. The number of ether oxygens (including phenoxy) is 1. The maximum absolute atomic E-state index is 13.4. The summed E-state index contributed by atoms with van der Waals surface area (Å²) in [6.07, 6.45) is 5.02. The smallest absolute Gasteiger partial charge is 0.271 e. The van der Waals surface area contributed by atoms with Crippen molar-refractivity contribution in [2.75, 3.05) is 4.90 Å². The van der Waals surface area contributed by atoms with E-state index >= 15 is 0 Å². The fourth-order valence-corrected chi connectivity index (χ4v) is 4.73. The van der Waals surface area contributed by atoms with Crippen LogP contribution in [0.15, 0.2) is 107 Å². The Bertz CT molecular complexity index is 1440. The Balaban J connectivity index is 1.38. The van der Waals surface area contributed by atoms with Crippen LogP contribution in [0, 0.1) is 6.92 Å². The van der Waals surface area contributed by atoms with Crippen LogP contribution in [0.1, 0.15) is 16.7 Å². The number of anilines is 1. The predicted molar refractivity (Wildman–Crippen MR) is 148 cm³/mol. The monoisotopic (exact) mass is 511 g/mol. The van der Waals surface area contributed by atoms with Crippen LogP contribution in [0.2, 0.25) is 5.02 Å². The largest absolute Gasteiger partial charge is 0.489 e. The number of benzene rings is 3. The molecule has 0 aliphatic carbocycles. The fraction of sp³-hybridized carbons (Fsp3) is 0.0690. The molecule has 0 saturated carbocycles. The Morgan fingerprint density at radius 1 is 1.00 bits per heavy atom. The van der Waals surface area contributed by atoms with Crippen LogP contribution in [0.25, 0.3) is 6.08 Å². The molecule has 1 saturated heterocycles. The molecule has 3 aromatic carbocycles. The van der Waals surface area contributed by atoms with Gasteiger partial charge in [0.25, 0.3) is 5.91 Å². The van der Waals surface area contributed by atoms with E-state index in [9.17, 15) is 4.79 Å². The van der Waals surface area contributed by atoms with Gasteiger partial charge in [0.15, 0.2) is 5.17 Å². The third-order valence-electron chi connectivity index (χ3n) is 5.49. The number of nitrogens with zero attached hydrogens (tertiary/aromatic N) is 3. The number of amidine groups is 1. The van der Waals surface area contributed by atoms with Gasteiger partial charge in [0.2, 0.25) is 0 Å². The van der Waals surface area contributed by atoms with Crippen molar-refractivity contribution < 1.29 is 9.53 Å². The van der Waals surface area contributed by atoms with Gasteiger partial charge in [0.1, 0.15) is 12.4 Å². The van der Waals surface area contributed by atoms with Gasteiger partial charge in [-0.25, -0.2) is 4.99 Å². The molecule has 5 nitrogen and oxygen atoms in total. The standard InChI is InChI=1S/C29H22ClN3O2S/c1-20-7-9-22(10-8-20)19-35-24-13-11-21(12-14-24)17-27-28(34)33(23-5-3-2-4-6-23)29(36-27)32-26-15-16-31-18-25(26)30/h2-18H,19H2,1H3/b27-17-,32-29?. The number of pyridine rings is 1. The van der Waals surface area contributed by atoms with Gasteiger partial charge in [0.05, 0.1) is 21.3 Å². The highest BCUT2D eigenvalue weighted by molar-refractivity contribution is 8.19. The van der Waals surface area contributed by atoms with E-state index in [0.29, 0.717) is 27.4 Å². The first-order chi connectivity index (χ1) is 17.6. The Morgan fingerprint density at radius 2 is 1.75 bits per heavy atom. The van der Waals surface area contributed by atoms with Crippen LogP contribution in [0.3, 0.4) is 0 Å². The minimum Gasteiger partial charge on any atom is -0.489 e. The van der Waals surface area contributed by atoms with Crippen molar-refractivity contribution in [1.29, 1.82) is 0 Å². The number of carbonyl (C=O) groups is 1. The molecule has 0 atom stereocenters. The quantitative estimate of drug-likeness (QED) is 0.252. The molecular weight excluding hydrogens is 490 g/mol. The van der Waals surface area contributed by atoms with E-state index in [1.807, 2.05) is 60.7 Å². The highest BCUT2D eigenvalue weighted by atomic mass is 35.5. The van der Waals surface area contributed by atoms with Gasteiger partial charge >= 0.3 is 0 Å². The van der Waals surface area contributed by atoms with Gasteiger partial charge in [-0.3, -0.25) is 14.7 Å². The number of amides is 1. The van der Waals surface area contributed by atoms with Crippen molar-refractivity contribution >= 4 is 51.9 Å². The molecular formula is C29H22ClN3O2S. The predicted octanol–water partition coefficient (Wildman–Crippen LogP) is 7.43. The van der Waals surface area contributed by atoms with Crippen molar-refractivity contribution in [3.8, 4) is 5.75 Å². The average Bonchev–Trinajstić information content (AvgIpc) is 3.20. The van der Waals surface area contributed by atoms with Crippen molar-refractivity contribution in [1.82, 2.24) is 4.98 Å². The second kappa shape index (κ2) is 10.8. The zero-order valence-electron chi connectivity index (χ0n) is 19.5. The summed E-state index contributed by atoms with van der Waals surface area (Å²) in [6.45, 7) is 2.56. The number of halogens is 1. The highest BCUT2D eigenvalue weighted by Gasteiger charge is 2.34. The summed E-state index contributed by atoms with van der Waals surface area (Å²) in [5.74, 6) is 0.624. The van der Waals surface area contributed by atoms with E-state index in [4.69, 9.17) is 16.3 Å². The van der Waals surface area contributed by atoms with Crippen LogP contribution in [0.5, 0.6) is 5.75 Å². The Hall–Kier alpha value is -3.87. The van der Waals surface area contributed by atoms with Gasteiger partial charge in [-0.1, -0.05) is 71.8 Å². The highest BCUT2D eigenvalue weighted by Crippen LogP contribution is 2.38. The second-order valence-electron chi connectivity index (χ2n) is 8.15. The van der Waals surface area contributed by atoms with Crippen LogP contribution in [0.4, 0.5) is 11.4 Å². The molecule has 4 aromatic rings. The Labute approximate surface area is 219 Å². The van der Waals surface area contributed by atoms with Gasteiger partial charge in [-0.2, -0.15) is 0 Å². The third kappa shape index (κ3) is 5.51. The summed E-state index contributed by atoms with van der Waals surface area (Å²) < 4.78 is 5.91. The number of aliphatic imine (C=N–C) groups is 1. The molecule has 36 heavy (non-hydrogen) atoms. The van der Waals surface area contributed by atoms with Gasteiger partial charge in [-0.05, 0) is 66.2 Å². The first-order valence-corrected chi connectivity index (χ1v) is 12.5. The fourth-order valence-electron chi connectivity index (χ4n) is 3.58. The zero-order valence-corrected chi connectivity index (χ0v) is 21.0. The summed E-state index contributed by atoms with van der Waals surface area (Å²) in [4.78, 5) is 24.3. The molecule has 0 N–H and O–H groups in total. The lowest BCUT2D eigenvalue weighted by molar-refractivity contribution is -0.113. The lowest BCUT2D eigenvalue weighted by Crippen LogP contribution is -2.28. The number of aryl methyl sites for hydroxylation is 1. The molecule has 1 aliphatic heterocycles. The van der Waals surface area contributed by atoms with E-state index in [0.717, 1.165) is 22.6 Å². The van der Waals surface area contributed by atoms with E-state index < -0.39 is 0 Å². The lowest BCUT2D eigenvalue weighted by atomic mass is 10.1. The number of rotatable bonds is 6. The van der Waals surface area contributed by atoms with Crippen molar-refractivity contribution in [3.05, 3.63) is 124 Å². The lowest BCUT2D eigenvalue weighted by Gasteiger charge is -2.15. The molecule has 5 rings (SSSR count). The molecule has 1 amide bonds. The maximum Gasteiger partial charge on any atom is 0.271 e. The molecule has 0 bridgehead atoms. The topological polar surface area (TPSA) is 54.8 Å². The van der Waals surface area contributed by atoms with E-state index in [1.165, 1.54) is 23.5 Å². The molecule has 0 unspecified atom stereocenters. The number of aromatic nitrogens is 1. The van der Waals surface area contributed by atoms with E-state index in [2.05, 4.69) is 41.2 Å². The Morgan fingerprint density at radius 3 is 2.47 bits per heavy atom. The number of carbonyl (C=O) groups excluding carboxylic acids is 1. The third-order valence-corrected chi connectivity index (χ3v) is 6.75. The molecule has 1 aromatic heterocycles. The number of hydrogen-bond donors (Lipinski definition) is 0. The number of thioether (sulfide) groups is 1. The molecule has 0 radical (unpaired) electrons. The molecule has 0 spiro atoms. The van der Waals surface area contributed by atoms with Crippen LogP contribution in [-0.2, 0) is 11.4 Å². The molecule has 7 heteroatoms. The molecule has 1 fully saturated rings. The van der Waals surface area contributed by atoms with Gasteiger partial charge in [-0.15, -0.1) is 0 Å². The minimum atomic E-state index is -0.144. The van der Waals surface area contributed by atoms with Crippen LogP contribution >= 0.6 is 23.4 Å². The average molecular weight is 512 g/mol. The minimum absolute atomic E-state index is 0.144. The van der Waals surface area contributed by atoms with E-state index in [-0.39, 0.29) is 5.91 Å². The summed E-state index contributed by atoms with van der Waals surface area (Å²) in [6, 6.07) is 27.1. The Kier molecular flexibility index (Phi) is 7.16. The normalized spacial score (nSPS) is 15.6. The maximum atomic E-state index is 13.4. The van der Waals surface area contributed by atoms with Gasteiger partial charge < -0.3 is 4.74 Å². The second-order valence-corrected chi connectivity index (χ2v) is 9.57. The summed E-state index contributed by atoms with van der Waals surface area (Å²) in [5.41, 5.74) is 4.52. The zero-order chi connectivity index (χ0) is 24.9. The molecule has 178 valence electrons. The summed E-state index contributed by atoms with van der Waals surface area (Å²) >= 11 is 7.59. The van der Waals surface area contributed by atoms with Crippen molar-refractivity contribution in [3.63, 3.8) is 0 Å². The first-order valence-electron chi connectivity index (χ1n) is 11.3. The summed E-state index contributed by atoms with van der Waals surface area (Å²) in [7, 11) is 0. The first kappa shape index (κ1) is 23.9. The van der Waals surface area contributed by atoms with E-state index in [1.54, 1.807) is 17.2 Å². The molecule has 1 aliphatic rings. The molecule has 2 heterocycles. The van der Waals surface area contributed by atoms with Crippen LogP contribution in [-0.4, -0.2) is 16.1 Å². The van der Waals surface area contributed by atoms with Crippen LogP contribution < -0.4 is 9.64 Å². The van der Waals surface area contributed by atoms with Crippen molar-refractivity contribution in [2.45, 2.75) is 13.5 Å². The SMILES string of the molecule is Cc1ccc(COc2ccc(/C=C3\SC(=Nc4ccncc4Cl)N(c4ccccc4)C3=O)cc2)cc1. The number of para-hydroxylation sites is 1.